The molecule has 0 atom stereocenters. The molecular weight excluding hydrogens is 247 g/mol. The van der Waals surface area contributed by atoms with E-state index in [-0.39, 0.29) is 12.2 Å². The van der Waals surface area contributed by atoms with Gasteiger partial charge in [0.05, 0.1) is 5.60 Å². The minimum Gasteiger partial charge on any atom is -0.399 e. The van der Waals surface area contributed by atoms with Crippen molar-refractivity contribution in [3.05, 3.63) is 24.0 Å². The molecule has 0 unspecified atom stereocenters. The highest BCUT2D eigenvalue weighted by molar-refractivity contribution is 7.89. The number of sulfonamides is 1. The molecule has 7 heteroatoms. The fourth-order valence-electron chi connectivity index (χ4n) is 1.08. The summed E-state index contributed by atoms with van der Waals surface area (Å²) in [6, 6.07) is 3.30. The molecule has 96 valence electrons. The summed E-state index contributed by atoms with van der Waals surface area (Å²) in [5, 5.41) is 9.40. The summed E-state index contributed by atoms with van der Waals surface area (Å²) in [4.78, 5) is -0.490. The van der Waals surface area contributed by atoms with Crippen LogP contribution in [-0.2, 0) is 10.0 Å². The third kappa shape index (κ3) is 3.95. The number of rotatable bonds is 4. The number of hydrogen-bond donors (Lipinski definition) is 3. The molecule has 0 radical (unpaired) electrons. The van der Waals surface area contributed by atoms with Crippen molar-refractivity contribution < 1.29 is 17.9 Å². The van der Waals surface area contributed by atoms with Gasteiger partial charge in [0.2, 0.25) is 10.0 Å². The second-order valence-electron chi connectivity index (χ2n) is 4.33. The number of nitrogens with two attached hydrogens (primary N) is 1. The number of benzene rings is 1. The van der Waals surface area contributed by atoms with Gasteiger partial charge in [-0.2, -0.15) is 0 Å². The van der Waals surface area contributed by atoms with Gasteiger partial charge < -0.3 is 10.8 Å². The molecule has 0 saturated heterocycles. The van der Waals surface area contributed by atoms with Crippen molar-refractivity contribution in [1.82, 2.24) is 4.72 Å². The molecule has 1 aromatic rings. The molecule has 0 aliphatic carbocycles. The Labute approximate surface area is 99.5 Å². The van der Waals surface area contributed by atoms with Crippen LogP contribution in [0.5, 0.6) is 0 Å². The number of aliphatic hydroxyl groups is 1. The highest BCUT2D eigenvalue weighted by Crippen LogP contribution is 2.17. The van der Waals surface area contributed by atoms with Gasteiger partial charge in [0, 0.05) is 12.2 Å². The normalized spacial score (nSPS) is 12.7. The molecule has 4 N–H and O–H groups in total. The average molecular weight is 262 g/mol. The average Bonchev–Trinajstić information content (AvgIpc) is 2.13. The molecule has 0 aromatic heterocycles. The summed E-state index contributed by atoms with van der Waals surface area (Å²) in [6.07, 6.45) is 0. The summed E-state index contributed by atoms with van der Waals surface area (Å²) in [5.74, 6) is -0.923. The van der Waals surface area contributed by atoms with Crippen molar-refractivity contribution >= 4 is 15.7 Å². The van der Waals surface area contributed by atoms with Gasteiger partial charge in [-0.1, -0.05) is 0 Å². The van der Waals surface area contributed by atoms with E-state index >= 15 is 0 Å². The van der Waals surface area contributed by atoms with Crippen molar-refractivity contribution in [2.75, 3.05) is 12.3 Å². The van der Waals surface area contributed by atoms with Gasteiger partial charge in [-0.05, 0) is 32.0 Å². The van der Waals surface area contributed by atoms with E-state index in [1.54, 1.807) is 0 Å². The Bertz CT molecular complexity index is 509. The minimum absolute atomic E-state index is 0.143. The predicted octanol–water partition coefficient (Wildman–Crippen LogP) is 0.457. The lowest BCUT2D eigenvalue weighted by Crippen LogP contribution is -2.38. The van der Waals surface area contributed by atoms with E-state index in [4.69, 9.17) is 5.73 Å². The first-order chi connectivity index (χ1) is 7.62. The van der Waals surface area contributed by atoms with E-state index in [0.29, 0.717) is 0 Å². The Morgan fingerprint density at radius 1 is 1.47 bits per heavy atom. The quantitative estimate of drug-likeness (QED) is 0.687. The van der Waals surface area contributed by atoms with E-state index in [2.05, 4.69) is 4.72 Å². The summed E-state index contributed by atoms with van der Waals surface area (Å²) in [5.41, 5.74) is 4.25. The second-order valence-corrected chi connectivity index (χ2v) is 6.06. The van der Waals surface area contributed by atoms with Gasteiger partial charge in [0.25, 0.3) is 0 Å². The van der Waals surface area contributed by atoms with Crippen molar-refractivity contribution in [3.63, 3.8) is 0 Å². The van der Waals surface area contributed by atoms with Gasteiger partial charge in [0.1, 0.15) is 10.7 Å². The third-order valence-electron chi connectivity index (χ3n) is 1.94. The summed E-state index contributed by atoms with van der Waals surface area (Å²) in [7, 11) is -3.98. The zero-order chi connectivity index (χ0) is 13.3. The molecule has 1 rings (SSSR count). The molecule has 0 bridgehead atoms. The fraction of sp³-hybridized carbons (Fsp3) is 0.400. The lowest BCUT2D eigenvalue weighted by molar-refractivity contribution is 0.0857. The van der Waals surface area contributed by atoms with Crippen molar-refractivity contribution in [1.29, 1.82) is 0 Å². The van der Waals surface area contributed by atoms with E-state index in [1.807, 2.05) is 0 Å². The number of nitrogen functional groups attached to an aromatic ring is 1. The summed E-state index contributed by atoms with van der Waals surface area (Å²) in [6.45, 7) is 2.67. The molecule has 5 nitrogen and oxygen atoms in total. The maximum Gasteiger partial charge on any atom is 0.243 e. The molecule has 0 saturated carbocycles. The maximum absolute atomic E-state index is 13.4. The Kier molecular flexibility index (Phi) is 3.75. The van der Waals surface area contributed by atoms with Crippen LogP contribution in [0.25, 0.3) is 0 Å². The zero-order valence-electron chi connectivity index (χ0n) is 9.57. The summed E-state index contributed by atoms with van der Waals surface area (Å²) >= 11 is 0. The number of anilines is 1. The van der Waals surface area contributed by atoms with Gasteiger partial charge in [-0.15, -0.1) is 0 Å². The molecule has 0 amide bonds. The maximum atomic E-state index is 13.4. The highest BCUT2D eigenvalue weighted by Gasteiger charge is 2.22. The smallest absolute Gasteiger partial charge is 0.243 e. The minimum atomic E-state index is -3.98. The van der Waals surface area contributed by atoms with Crippen molar-refractivity contribution in [2.45, 2.75) is 24.3 Å². The van der Waals surface area contributed by atoms with Crippen LogP contribution in [0.3, 0.4) is 0 Å². The Morgan fingerprint density at radius 3 is 2.53 bits per heavy atom. The highest BCUT2D eigenvalue weighted by atomic mass is 32.2. The molecule has 17 heavy (non-hydrogen) atoms. The van der Waals surface area contributed by atoms with Gasteiger partial charge in [-0.3, -0.25) is 0 Å². The van der Waals surface area contributed by atoms with Crippen LogP contribution in [0.4, 0.5) is 10.1 Å². The number of halogens is 1. The monoisotopic (exact) mass is 262 g/mol. The van der Waals surface area contributed by atoms with Gasteiger partial charge in [0.15, 0.2) is 0 Å². The van der Waals surface area contributed by atoms with E-state index in [9.17, 15) is 17.9 Å². The van der Waals surface area contributed by atoms with E-state index < -0.39 is 26.3 Å². The van der Waals surface area contributed by atoms with Gasteiger partial charge >= 0.3 is 0 Å². The SMILES string of the molecule is CC(C)(O)CNS(=O)(=O)c1ccc(N)cc1F. The van der Waals surface area contributed by atoms with Crippen LogP contribution in [0, 0.1) is 5.82 Å². The standard InChI is InChI=1S/C10H15FN2O3S/c1-10(2,14)6-13-17(15,16)9-4-3-7(12)5-8(9)11/h3-5,13-14H,6,12H2,1-2H3. The number of nitrogens with one attached hydrogen (secondary N) is 1. The molecular formula is C10H15FN2O3S. The molecule has 1 aromatic carbocycles. The van der Waals surface area contributed by atoms with Crippen molar-refractivity contribution in [3.8, 4) is 0 Å². The molecule has 0 heterocycles. The van der Waals surface area contributed by atoms with Crippen LogP contribution in [0.1, 0.15) is 13.8 Å². The van der Waals surface area contributed by atoms with E-state index in [0.717, 1.165) is 12.1 Å². The predicted molar refractivity (Wildman–Crippen MR) is 62.3 cm³/mol. The Hall–Kier alpha value is -1.18. The van der Waals surface area contributed by atoms with Crippen LogP contribution >= 0.6 is 0 Å². The van der Waals surface area contributed by atoms with Crippen LogP contribution < -0.4 is 10.5 Å². The Morgan fingerprint density at radius 2 is 2.06 bits per heavy atom. The first-order valence-corrected chi connectivity index (χ1v) is 6.37. The van der Waals surface area contributed by atoms with Crippen LogP contribution in [-0.4, -0.2) is 25.7 Å². The third-order valence-corrected chi connectivity index (χ3v) is 3.37. The molecule has 0 fully saturated rings. The molecule has 0 aliphatic rings. The topological polar surface area (TPSA) is 92.4 Å². The second kappa shape index (κ2) is 4.59. The Balaban J connectivity index is 2.98. The first kappa shape index (κ1) is 13.9. The first-order valence-electron chi connectivity index (χ1n) is 4.89. The van der Waals surface area contributed by atoms with Crippen LogP contribution in [0.2, 0.25) is 0 Å². The molecule has 0 aliphatic heterocycles. The fourth-order valence-corrected chi connectivity index (χ4v) is 2.35. The van der Waals surface area contributed by atoms with Crippen LogP contribution in [0.15, 0.2) is 23.1 Å². The molecule has 0 spiro atoms. The zero-order valence-corrected chi connectivity index (χ0v) is 10.4. The number of hydrogen-bond acceptors (Lipinski definition) is 4. The van der Waals surface area contributed by atoms with Gasteiger partial charge in [-0.25, -0.2) is 17.5 Å². The lowest BCUT2D eigenvalue weighted by Gasteiger charge is -2.17. The largest absolute Gasteiger partial charge is 0.399 e. The van der Waals surface area contributed by atoms with Crippen molar-refractivity contribution in [2.24, 2.45) is 0 Å². The lowest BCUT2D eigenvalue weighted by atomic mass is 10.1. The summed E-state index contributed by atoms with van der Waals surface area (Å²) < 4.78 is 38.9. The van der Waals surface area contributed by atoms with E-state index in [1.165, 1.54) is 19.9 Å².